The van der Waals surface area contributed by atoms with Gasteiger partial charge in [0, 0.05) is 27.5 Å². The lowest BCUT2D eigenvalue weighted by molar-refractivity contribution is 0.661. The van der Waals surface area contributed by atoms with Crippen LogP contribution in [-0.4, -0.2) is 9.97 Å². The predicted molar refractivity (Wildman–Crippen MR) is 234 cm³/mol. The summed E-state index contributed by atoms with van der Waals surface area (Å²) < 4.78 is 0. The summed E-state index contributed by atoms with van der Waals surface area (Å²) in [5.74, 6) is 0.729. The summed E-state index contributed by atoms with van der Waals surface area (Å²) >= 11 is 0. The molecule has 0 N–H and O–H groups in total. The summed E-state index contributed by atoms with van der Waals surface area (Å²) in [6.45, 7) is 9.46. The number of hydrogen-bond donors (Lipinski definition) is 0. The van der Waals surface area contributed by atoms with E-state index in [4.69, 9.17) is 9.97 Å². The molecule has 0 aliphatic heterocycles. The topological polar surface area (TPSA) is 25.8 Å². The molecule has 0 radical (unpaired) electrons. The third kappa shape index (κ3) is 4.62. The van der Waals surface area contributed by atoms with Crippen LogP contribution in [0.25, 0.3) is 88.8 Å². The molecule has 2 aliphatic rings. The van der Waals surface area contributed by atoms with Crippen LogP contribution in [0.5, 0.6) is 0 Å². The van der Waals surface area contributed by atoms with E-state index in [9.17, 15) is 0 Å². The Balaban J connectivity index is 1.13. The molecule has 2 aliphatic carbocycles. The highest BCUT2D eigenvalue weighted by Crippen LogP contribution is 2.55. The highest BCUT2D eigenvalue weighted by Gasteiger charge is 2.39. The van der Waals surface area contributed by atoms with Crippen molar-refractivity contribution >= 4 is 21.5 Å². The smallest absolute Gasteiger partial charge is 0.161 e. The van der Waals surface area contributed by atoms with Crippen molar-refractivity contribution in [3.63, 3.8) is 0 Å². The molecule has 1 heterocycles. The zero-order valence-electron chi connectivity index (χ0n) is 32.1. The zero-order chi connectivity index (χ0) is 37.8. The van der Waals surface area contributed by atoms with Crippen LogP contribution in [0.4, 0.5) is 0 Å². The highest BCUT2D eigenvalue weighted by molar-refractivity contribution is 6.08. The standard InChI is InChI=1S/C54H40N2/c1-53(2)45-27-13-12-22-39(45)41-24-14-25-43(50(41)53)48-32-47(34-17-6-5-7-18-34)55-52(56-48)42-30-29-38(36-20-10-11-21-37(36)42)40-23-15-26-44-49-35-19-9-8-16-33(35)28-31-46(49)54(3,4)51(40)44/h5-32H,1-4H3. The monoisotopic (exact) mass is 716 g/mol. The minimum Gasteiger partial charge on any atom is -0.228 e. The van der Waals surface area contributed by atoms with Gasteiger partial charge in [0.15, 0.2) is 5.82 Å². The van der Waals surface area contributed by atoms with Crippen LogP contribution >= 0.6 is 0 Å². The molecule has 0 atom stereocenters. The van der Waals surface area contributed by atoms with Crippen LogP contribution in [0.15, 0.2) is 170 Å². The van der Waals surface area contributed by atoms with Crippen LogP contribution in [-0.2, 0) is 10.8 Å². The van der Waals surface area contributed by atoms with Crippen LogP contribution in [0.3, 0.4) is 0 Å². The van der Waals surface area contributed by atoms with Crippen molar-refractivity contribution in [1.82, 2.24) is 9.97 Å². The largest absolute Gasteiger partial charge is 0.228 e. The van der Waals surface area contributed by atoms with Crippen molar-refractivity contribution in [3.05, 3.63) is 192 Å². The molecule has 0 saturated carbocycles. The van der Waals surface area contributed by atoms with Crippen LogP contribution in [0, 0.1) is 0 Å². The summed E-state index contributed by atoms with van der Waals surface area (Å²) in [5, 5.41) is 4.93. The van der Waals surface area contributed by atoms with Crippen molar-refractivity contribution in [1.29, 1.82) is 0 Å². The maximum atomic E-state index is 5.48. The van der Waals surface area contributed by atoms with Crippen LogP contribution in [0.1, 0.15) is 49.9 Å². The van der Waals surface area contributed by atoms with Gasteiger partial charge in [0.1, 0.15) is 0 Å². The van der Waals surface area contributed by atoms with Gasteiger partial charge in [-0.15, -0.1) is 0 Å². The van der Waals surface area contributed by atoms with Crippen LogP contribution < -0.4 is 0 Å². The second kappa shape index (κ2) is 11.9. The fraction of sp³-hybridized carbons (Fsp3) is 0.111. The van der Waals surface area contributed by atoms with Crippen molar-refractivity contribution < 1.29 is 0 Å². The molecule has 0 spiro atoms. The lowest BCUT2D eigenvalue weighted by atomic mass is 9.78. The molecule has 1 aromatic heterocycles. The van der Waals surface area contributed by atoms with Crippen LogP contribution in [0.2, 0.25) is 0 Å². The number of rotatable bonds is 4. The van der Waals surface area contributed by atoms with Gasteiger partial charge >= 0.3 is 0 Å². The number of hydrogen-bond acceptors (Lipinski definition) is 2. The number of benzene rings is 8. The Morgan fingerprint density at radius 3 is 1.71 bits per heavy atom. The van der Waals surface area contributed by atoms with Crippen molar-refractivity contribution in [2.75, 3.05) is 0 Å². The quantitative estimate of drug-likeness (QED) is 0.181. The van der Waals surface area contributed by atoms with Gasteiger partial charge in [-0.2, -0.15) is 0 Å². The fourth-order valence-electron chi connectivity index (χ4n) is 10.1. The summed E-state index contributed by atoms with van der Waals surface area (Å²) in [4.78, 5) is 10.8. The molecule has 8 aromatic carbocycles. The summed E-state index contributed by atoms with van der Waals surface area (Å²) in [6.07, 6.45) is 0. The van der Waals surface area contributed by atoms with Gasteiger partial charge in [-0.05, 0) is 89.3 Å². The van der Waals surface area contributed by atoms with Crippen molar-refractivity contribution in [2.24, 2.45) is 0 Å². The Morgan fingerprint density at radius 1 is 0.357 bits per heavy atom. The first-order valence-electron chi connectivity index (χ1n) is 19.7. The maximum Gasteiger partial charge on any atom is 0.161 e. The van der Waals surface area contributed by atoms with E-state index in [1.54, 1.807) is 0 Å². The molecular formula is C54H40N2. The summed E-state index contributed by atoms with van der Waals surface area (Å²) in [7, 11) is 0. The zero-order valence-corrected chi connectivity index (χ0v) is 32.1. The lowest BCUT2D eigenvalue weighted by Crippen LogP contribution is -2.16. The first-order chi connectivity index (χ1) is 27.3. The minimum absolute atomic E-state index is 0.170. The molecule has 11 rings (SSSR count). The van der Waals surface area contributed by atoms with E-state index in [0.29, 0.717) is 0 Å². The molecule has 9 aromatic rings. The molecule has 0 amide bonds. The molecule has 0 fully saturated rings. The van der Waals surface area contributed by atoms with Crippen molar-refractivity contribution in [3.8, 4) is 67.3 Å². The van der Waals surface area contributed by atoms with E-state index in [1.807, 2.05) is 0 Å². The van der Waals surface area contributed by atoms with E-state index >= 15 is 0 Å². The Morgan fingerprint density at radius 2 is 0.911 bits per heavy atom. The Bertz CT molecular complexity index is 3080. The van der Waals surface area contributed by atoms with Crippen molar-refractivity contribution in [2.45, 2.75) is 38.5 Å². The van der Waals surface area contributed by atoms with E-state index < -0.39 is 0 Å². The maximum absolute atomic E-state index is 5.48. The molecule has 2 nitrogen and oxygen atoms in total. The molecule has 266 valence electrons. The number of aromatic nitrogens is 2. The van der Waals surface area contributed by atoms with Gasteiger partial charge in [-0.3, -0.25) is 0 Å². The van der Waals surface area contributed by atoms with Gasteiger partial charge in [0.05, 0.1) is 11.4 Å². The predicted octanol–water partition coefficient (Wildman–Crippen LogP) is 14.1. The normalized spacial score (nSPS) is 14.4. The lowest BCUT2D eigenvalue weighted by Gasteiger charge is -2.25. The Kier molecular flexibility index (Phi) is 6.98. The molecule has 56 heavy (non-hydrogen) atoms. The first-order valence-corrected chi connectivity index (χ1v) is 19.7. The van der Waals surface area contributed by atoms with Gasteiger partial charge in [0.25, 0.3) is 0 Å². The molecule has 0 bridgehead atoms. The Hall–Kier alpha value is -6.64. The van der Waals surface area contributed by atoms with E-state index in [1.165, 1.54) is 71.8 Å². The SMILES string of the molecule is CC1(C)c2ccccc2-c2cccc(-c3cc(-c4ccccc4)nc(-c4ccc(-c5cccc6c5C(C)(C)c5ccc7ccccc7c5-6)c5ccccc45)n3)c21. The number of fused-ring (bicyclic) bond motifs is 9. The third-order valence-corrected chi connectivity index (χ3v) is 12.7. The summed E-state index contributed by atoms with van der Waals surface area (Å²) in [5.41, 5.74) is 18.0. The highest BCUT2D eigenvalue weighted by atomic mass is 14.9. The van der Waals surface area contributed by atoms with E-state index in [-0.39, 0.29) is 10.8 Å². The van der Waals surface area contributed by atoms with E-state index in [0.717, 1.165) is 39.3 Å². The Labute approximate surface area is 328 Å². The summed E-state index contributed by atoms with van der Waals surface area (Å²) in [6, 6.07) is 61.9. The van der Waals surface area contributed by atoms with Gasteiger partial charge < -0.3 is 0 Å². The molecule has 2 heteroatoms. The fourth-order valence-corrected chi connectivity index (χ4v) is 10.1. The van der Waals surface area contributed by atoms with Gasteiger partial charge in [0.2, 0.25) is 0 Å². The van der Waals surface area contributed by atoms with E-state index in [2.05, 4.69) is 198 Å². The molecule has 0 saturated heterocycles. The average molecular weight is 717 g/mol. The average Bonchev–Trinajstić information content (AvgIpc) is 3.63. The third-order valence-electron chi connectivity index (χ3n) is 12.7. The van der Waals surface area contributed by atoms with Gasteiger partial charge in [-0.1, -0.05) is 185 Å². The van der Waals surface area contributed by atoms with Gasteiger partial charge in [-0.25, -0.2) is 9.97 Å². The molecule has 0 unspecified atom stereocenters. The first kappa shape index (κ1) is 32.8. The molecular weight excluding hydrogens is 677 g/mol. The second-order valence-electron chi connectivity index (χ2n) is 16.5. The second-order valence-corrected chi connectivity index (χ2v) is 16.5. The number of nitrogens with zero attached hydrogens (tertiary/aromatic N) is 2. The minimum atomic E-state index is -0.176.